The van der Waals surface area contributed by atoms with Crippen molar-refractivity contribution in [1.29, 1.82) is 0 Å². The fraction of sp³-hybridized carbons (Fsp3) is 0.500. The molecule has 0 atom stereocenters. The van der Waals surface area contributed by atoms with Gasteiger partial charge in [0, 0.05) is 49.0 Å². The lowest BCUT2D eigenvalue weighted by molar-refractivity contribution is 0.388. The number of rotatable bonds is 3. The Kier molecular flexibility index (Phi) is 4.35. The summed E-state index contributed by atoms with van der Waals surface area (Å²) < 4.78 is 24.4. The van der Waals surface area contributed by atoms with Crippen LogP contribution < -0.4 is 10.6 Å². The highest BCUT2D eigenvalue weighted by molar-refractivity contribution is 7.88. The third kappa shape index (κ3) is 3.20. The molecule has 2 N–H and O–H groups in total. The highest BCUT2D eigenvalue weighted by Gasteiger charge is 2.24. The Hall–Kier alpha value is -0.820. The maximum absolute atomic E-state index is 11.5. The summed E-state index contributed by atoms with van der Waals surface area (Å²) >= 11 is 6.14. The number of hydrogen-bond acceptors (Lipinski definition) is 4. The zero-order chi connectivity index (χ0) is 14.0. The van der Waals surface area contributed by atoms with Gasteiger partial charge in [0.05, 0.1) is 6.26 Å². The molecule has 0 spiro atoms. The number of sulfonamides is 1. The van der Waals surface area contributed by atoms with Crippen LogP contribution >= 0.6 is 11.6 Å². The van der Waals surface area contributed by atoms with Gasteiger partial charge in [0.25, 0.3) is 0 Å². The van der Waals surface area contributed by atoms with E-state index >= 15 is 0 Å². The Morgan fingerprint density at radius 2 is 1.89 bits per heavy atom. The first-order valence-electron chi connectivity index (χ1n) is 6.11. The van der Waals surface area contributed by atoms with Crippen LogP contribution in [0.2, 0.25) is 5.02 Å². The molecule has 2 rings (SSSR count). The van der Waals surface area contributed by atoms with Gasteiger partial charge in [-0.25, -0.2) is 8.42 Å². The monoisotopic (exact) mass is 303 g/mol. The molecule has 1 aliphatic heterocycles. The lowest BCUT2D eigenvalue weighted by Crippen LogP contribution is -2.48. The molecule has 1 saturated heterocycles. The van der Waals surface area contributed by atoms with E-state index in [1.54, 1.807) is 0 Å². The minimum absolute atomic E-state index is 0.376. The Morgan fingerprint density at radius 3 is 2.42 bits per heavy atom. The van der Waals surface area contributed by atoms with Crippen LogP contribution in [0.15, 0.2) is 18.2 Å². The van der Waals surface area contributed by atoms with Crippen molar-refractivity contribution in [3.05, 3.63) is 28.8 Å². The molecule has 0 radical (unpaired) electrons. The molecular weight excluding hydrogens is 286 g/mol. The molecule has 19 heavy (non-hydrogen) atoms. The van der Waals surface area contributed by atoms with Crippen molar-refractivity contribution in [2.45, 2.75) is 6.54 Å². The smallest absolute Gasteiger partial charge is 0.211 e. The summed E-state index contributed by atoms with van der Waals surface area (Å²) in [4.78, 5) is 2.13. The number of anilines is 1. The minimum Gasteiger partial charge on any atom is -0.369 e. The first kappa shape index (κ1) is 14.6. The van der Waals surface area contributed by atoms with E-state index in [0.717, 1.165) is 11.3 Å². The normalized spacial score (nSPS) is 17.7. The van der Waals surface area contributed by atoms with Gasteiger partial charge in [-0.05, 0) is 12.1 Å². The van der Waals surface area contributed by atoms with Gasteiger partial charge >= 0.3 is 0 Å². The van der Waals surface area contributed by atoms with Crippen LogP contribution in [0, 0.1) is 0 Å². The standard InChI is InChI=1S/C12H18ClN3O2S/c1-19(17,18)16-7-5-15(6-8-16)12-4-2-3-11(13)10(12)9-14/h2-4H,5-9,14H2,1H3. The van der Waals surface area contributed by atoms with Gasteiger partial charge in [0.2, 0.25) is 10.0 Å². The largest absolute Gasteiger partial charge is 0.369 e. The molecule has 7 heteroatoms. The summed E-state index contributed by atoms with van der Waals surface area (Å²) in [6.45, 7) is 2.67. The molecule has 0 aliphatic carbocycles. The number of halogens is 1. The zero-order valence-electron chi connectivity index (χ0n) is 10.8. The number of piperazine rings is 1. The third-order valence-corrected chi connectivity index (χ3v) is 5.00. The van der Waals surface area contributed by atoms with Crippen LogP contribution in [-0.2, 0) is 16.6 Å². The van der Waals surface area contributed by atoms with Crippen molar-refractivity contribution >= 4 is 27.3 Å². The summed E-state index contributed by atoms with van der Waals surface area (Å²) in [5.41, 5.74) is 7.65. The quantitative estimate of drug-likeness (QED) is 0.900. The van der Waals surface area contributed by atoms with E-state index in [-0.39, 0.29) is 0 Å². The average molecular weight is 304 g/mol. The Morgan fingerprint density at radius 1 is 1.26 bits per heavy atom. The summed E-state index contributed by atoms with van der Waals surface area (Å²) in [5.74, 6) is 0. The lowest BCUT2D eigenvalue weighted by Gasteiger charge is -2.35. The van der Waals surface area contributed by atoms with E-state index in [2.05, 4.69) is 4.90 Å². The number of nitrogens with zero attached hydrogens (tertiary/aromatic N) is 2. The Labute approximate surface area is 119 Å². The fourth-order valence-corrected chi connectivity index (χ4v) is 3.38. The van der Waals surface area contributed by atoms with Crippen molar-refractivity contribution in [2.24, 2.45) is 5.73 Å². The summed E-state index contributed by atoms with van der Waals surface area (Å²) in [6.07, 6.45) is 1.24. The molecule has 106 valence electrons. The predicted octanol–water partition coefficient (Wildman–Crippen LogP) is 0.880. The maximum Gasteiger partial charge on any atom is 0.211 e. The number of benzene rings is 1. The molecule has 1 fully saturated rings. The van der Waals surface area contributed by atoms with Gasteiger partial charge in [0.1, 0.15) is 0 Å². The molecule has 1 heterocycles. The van der Waals surface area contributed by atoms with Crippen LogP contribution in [0.3, 0.4) is 0 Å². The molecule has 5 nitrogen and oxygen atoms in total. The molecule has 1 aliphatic rings. The van der Waals surface area contributed by atoms with Crippen LogP contribution in [-0.4, -0.2) is 45.2 Å². The van der Waals surface area contributed by atoms with Crippen molar-refractivity contribution in [2.75, 3.05) is 37.3 Å². The van der Waals surface area contributed by atoms with Crippen LogP contribution in [0.25, 0.3) is 0 Å². The minimum atomic E-state index is -3.10. The van der Waals surface area contributed by atoms with Crippen LogP contribution in [0.1, 0.15) is 5.56 Å². The summed E-state index contributed by atoms with van der Waals surface area (Å²) in [6, 6.07) is 5.68. The van der Waals surface area contributed by atoms with E-state index in [9.17, 15) is 8.42 Å². The molecule has 1 aromatic carbocycles. The molecule has 1 aromatic rings. The van der Waals surface area contributed by atoms with Crippen molar-refractivity contribution in [1.82, 2.24) is 4.31 Å². The van der Waals surface area contributed by atoms with Crippen LogP contribution in [0.5, 0.6) is 0 Å². The Balaban J connectivity index is 2.16. The van der Waals surface area contributed by atoms with Gasteiger partial charge in [-0.2, -0.15) is 4.31 Å². The molecule has 0 bridgehead atoms. The highest BCUT2D eigenvalue weighted by atomic mass is 35.5. The van der Waals surface area contributed by atoms with Crippen LogP contribution in [0.4, 0.5) is 5.69 Å². The molecule has 0 unspecified atom stereocenters. The van der Waals surface area contributed by atoms with E-state index in [1.165, 1.54) is 10.6 Å². The van der Waals surface area contributed by atoms with Crippen molar-refractivity contribution in [3.63, 3.8) is 0 Å². The van der Waals surface area contributed by atoms with Gasteiger partial charge in [-0.1, -0.05) is 17.7 Å². The summed E-state index contributed by atoms with van der Waals surface area (Å²) in [5, 5.41) is 0.658. The van der Waals surface area contributed by atoms with Crippen molar-refractivity contribution < 1.29 is 8.42 Å². The second-order valence-corrected chi connectivity index (χ2v) is 6.98. The first-order valence-corrected chi connectivity index (χ1v) is 8.33. The molecule has 0 saturated carbocycles. The van der Waals surface area contributed by atoms with Gasteiger partial charge < -0.3 is 10.6 Å². The van der Waals surface area contributed by atoms with Gasteiger partial charge in [-0.3, -0.25) is 0 Å². The second-order valence-electron chi connectivity index (χ2n) is 4.59. The topological polar surface area (TPSA) is 66.6 Å². The van der Waals surface area contributed by atoms with Crippen molar-refractivity contribution in [3.8, 4) is 0 Å². The lowest BCUT2D eigenvalue weighted by atomic mass is 10.1. The molecular formula is C12H18ClN3O2S. The van der Waals surface area contributed by atoms with E-state index in [4.69, 9.17) is 17.3 Å². The SMILES string of the molecule is CS(=O)(=O)N1CCN(c2cccc(Cl)c2CN)CC1. The Bertz CT molecular complexity index is 554. The van der Waals surface area contributed by atoms with Gasteiger partial charge in [0.15, 0.2) is 0 Å². The van der Waals surface area contributed by atoms with E-state index in [0.29, 0.717) is 37.7 Å². The van der Waals surface area contributed by atoms with E-state index in [1.807, 2.05) is 18.2 Å². The predicted molar refractivity (Wildman–Crippen MR) is 78.0 cm³/mol. The average Bonchev–Trinajstić information content (AvgIpc) is 2.37. The number of nitrogens with two attached hydrogens (primary N) is 1. The molecule has 0 aromatic heterocycles. The molecule has 0 amide bonds. The zero-order valence-corrected chi connectivity index (χ0v) is 12.4. The third-order valence-electron chi connectivity index (χ3n) is 3.35. The first-order chi connectivity index (χ1) is 8.93. The number of hydrogen-bond donors (Lipinski definition) is 1. The van der Waals surface area contributed by atoms with E-state index < -0.39 is 10.0 Å². The maximum atomic E-state index is 11.5. The summed E-state index contributed by atoms with van der Waals surface area (Å²) in [7, 11) is -3.10. The van der Waals surface area contributed by atoms with Gasteiger partial charge in [-0.15, -0.1) is 0 Å². The second kappa shape index (κ2) is 5.66. The highest BCUT2D eigenvalue weighted by Crippen LogP contribution is 2.28. The fourth-order valence-electron chi connectivity index (χ4n) is 2.31.